The van der Waals surface area contributed by atoms with Crippen LogP contribution in [0.25, 0.3) is 10.4 Å². The Labute approximate surface area is 109 Å². The smallest absolute Gasteiger partial charge is 0.250 e. The Kier molecular flexibility index (Phi) is 4.04. The predicted octanol–water partition coefficient (Wildman–Crippen LogP) is 0.689. The number of carbonyl (C=O) groups excluding carboxylic acids is 1. The van der Waals surface area contributed by atoms with Gasteiger partial charge in [0.1, 0.15) is 19.0 Å². The quantitative estimate of drug-likeness (QED) is 0.322. The molecule has 9 nitrogen and oxygen atoms in total. The van der Waals surface area contributed by atoms with Crippen LogP contribution in [0.4, 0.5) is 0 Å². The van der Waals surface area contributed by atoms with E-state index in [0.29, 0.717) is 0 Å². The average Bonchev–Trinajstić information content (AvgIpc) is 2.79. The van der Waals surface area contributed by atoms with Crippen LogP contribution in [0.1, 0.15) is 13.8 Å². The highest BCUT2D eigenvalue weighted by molar-refractivity contribution is 5.82. The lowest BCUT2D eigenvalue weighted by Gasteiger charge is -2.24. The molecule has 4 atom stereocenters. The third-order valence-corrected chi connectivity index (χ3v) is 2.76. The van der Waals surface area contributed by atoms with Crippen molar-refractivity contribution in [2.45, 2.75) is 44.2 Å². The fraction of sp³-hybridized carbons (Fsp3) is 0.900. The largest absolute Gasteiger partial charge is 0.359 e. The summed E-state index contributed by atoms with van der Waals surface area (Å²) in [5.74, 6) is -1.60. The van der Waals surface area contributed by atoms with Crippen LogP contribution in [0, 0.1) is 0 Å². The van der Waals surface area contributed by atoms with Crippen molar-refractivity contribution < 1.29 is 28.5 Å². The van der Waals surface area contributed by atoms with E-state index in [0.717, 1.165) is 0 Å². The number of azide groups is 1. The summed E-state index contributed by atoms with van der Waals surface area (Å²) >= 11 is 0. The molecule has 0 unspecified atom stereocenters. The van der Waals surface area contributed by atoms with Crippen molar-refractivity contribution in [2.24, 2.45) is 5.11 Å². The van der Waals surface area contributed by atoms with Gasteiger partial charge in [0.05, 0.1) is 0 Å². The Morgan fingerprint density at radius 1 is 1.47 bits per heavy atom. The van der Waals surface area contributed by atoms with Crippen molar-refractivity contribution in [1.82, 2.24) is 0 Å². The number of carbonyl (C=O) groups is 1. The van der Waals surface area contributed by atoms with E-state index in [-0.39, 0.29) is 6.79 Å². The Morgan fingerprint density at radius 2 is 2.21 bits per heavy atom. The average molecular weight is 273 g/mol. The summed E-state index contributed by atoms with van der Waals surface area (Å²) in [7, 11) is 1.45. The number of hydrogen-bond donors (Lipinski definition) is 0. The zero-order chi connectivity index (χ0) is 14.0. The van der Waals surface area contributed by atoms with Gasteiger partial charge in [-0.1, -0.05) is 0 Å². The van der Waals surface area contributed by atoms with Gasteiger partial charge in [-0.25, -0.2) is 0 Å². The molecule has 0 aliphatic carbocycles. The third-order valence-electron chi connectivity index (χ3n) is 2.76. The van der Waals surface area contributed by atoms with Gasteiger partial charge in [-0.15, -0.1) is 0 Å². The molecule has 0 saturated carbocycles. The molecule has 19 heavy (non-hydrogen) atoms. The van der Waals surface area contributed by atoms with E-state index >= 15 is 0 Å². The molecule has 0 N–H and O–H groups in total. The molecule has 0 aromatic rings. The molecule has 106 valence electrons. The van der Waals surface area contributed by atoms with E-state index in [9.17, 15) is 4.79 Å². The zero-order valence-corrected chi connectivity index (χ0v) is 10.8. The summed E-state index contributed by atoms with van der Waals surface area (Å²) in [5, 5.41) is 3.01. The number of hydrogen-bond acceptors (Lipinski definition) is 6. The highest BCUT2D eigenvalue weighted by Crippen LogP contribution is 2.39. The van der Waals surface area contributed by atoms with Crippen LogP contribution in [-0.4, -0.2) is 50.2 Å². The maximum absolute atomic E-state index is 11.6. The maximum Gasteiger partial charge on any atom is 0.250 e. The first-order valence-corrected chi connectivity index (χ1v) is 5.69. The second-order valence-electron chi connectivity index (χ2n) is 4.59. The van der Waals surface area contributed by atoms with Gasteiger partial charge < -0.3 is 23.7 Å². The summed E-state index contributed by atoms with van der Waals surface area (Å²) in [6, 6.07) is 0. The first-order valence-electron chi connectivity index (χ1n) is 5.69. The van der Waals surface area contributed by atoms with Gasteiger partial charge in [-0.2, -0.15) is 0 Å². The van der Waals surface area contributed by atoms with Crippen LogP contribution in [0.3, 0.4) is 0 Å². The van der Waals surface area contributed by atoms with Crippen LogP contribution in [0.15, 0.2) is 5.11 Å². The van der Waals surface area contributed by atoms with Crippen molar-refractivity contribution in [3.63, 3.8) is 0 Å². The van der Waals surface area contributed by atoms with E-state index in [1.54, 1.807) is 13.8 Å². The fourth-order valence-corrected chi connectivity index (χ4v) is 2.11. The van der Waals surface area contributed by atoms with E-state index in [4.69, 9.17) is 29.2 Å². The minimum atomic E-state index is -1.06. The van der Waals surface area contributed by atoms with Crippen LogP contribution in [-0.2, 0) is 28.5 Å². The molecule has 2 rings (SSSR count). The van der Waals surface area contributed by atoms with Crippen molar-refractivity contribution in [2.75, 3.05) is 13.9 Å². The number of rotatable bonds is 4. The second-order valence-corrected chi connectivity index (χ2v) is 4.59. The molecule has 2 aliphatic heterocycles. The lowest BCUT2D eigenvalue weighted by atomic mass is 10.1. The standard InChI is InChI=1S/C10H15N3O6/c1-10(2)18-7-5(16-4-15-3)6(8(14)12-13-11)17-9(7)19-10/h5-7,9H,4H2,1-3H3/t5-,6+,7-,9-/m1/s1. The number of amides is 1. The molecule has 0 aromatic carbocycles. The first-order chi connectivity index (χ1) is 8.98. The van der Waals surface area contributed by atoms with E-state index in [1.165, 1.54) is 7.11 Å². The van der Waals surface area contributed by atoms with Gasteiger partial charge in [-0.3, -0.25) is 4.79 Å². The Morgan fingerprint density at radius 3 is 2.84 bits per heavy atom. The Hall–Kier alpha value is -1.22. The topological polar surface area (TPSA) is 112 Å². The van der Waals surface area contributed by atoms with Crippen LogP contribution in [0.2, 0.25) is 0 Å². The van der Waals surface area contributed by atoms with Gasteiger partial charge in [-0.05, 0) is 24.5 Å². The minimum Gasteiger partial charge on any atom is -0.359 e. The fourth-order valence-electron chi connectivity index (χ4n) is 2.11. The summed E-state index contributed by atoms with van der Waals surface area (Å²) in [5.41, 5.74) is 8.30. The van der Waals surface area contributed by atoms with E-state index in [2.05, 4.69) is 10.0 Å². The van der Waals surface area contributed by atoms with Gasteiger partial charge in [0.15, 0.2) is 18.2 Å². The van der Waals surface area contributed by atoms with Crippen molar-refractivity contribution in [1.29, 1.82) is 0 Å². The minimum absolute atomic E-state index is 0.0406. The molecule has 2 heterocycles. The van der Waals surface area contributed by atoms with Gasteiger partial charge in [0.2, 0.25) is 5.91 Å². The molecule has 0 bridgehead atoms. The van der Waals surface area contributed by atoms with Crippen LogP contribution in [0.5, 0.6) is 0 Å². The number of fused-ring (bicyclic) bond motifs is 1. The molecular formula is C10H15N3O6. The molecular weight excluding hydrogens is 258 g/mol. The lowest BCUT2D eigenvalue weighted by molar-refractivity contribution is -0.222. The zero-order valence-electron chi connectivity index (χ0n) is 10.8. The molecule has 0 aromatic heterocycles. The highest BCUT2D eigenvalue weighted by Gasteiger charge is 2.57. The molecule has 1 amide bonds. The highest BCUT2D eigenvalue weighted by atomic mass is 16.8. The molecule has 9 heteroatoms. The van der Waals surface area contributed by atoms with Gasteiger partial charge in [0.25, 0.3) is 0 Å². The lowest BCUT2D eigenvalue weighted by Crippen LogP contribution is -2.40. The summed E-state index contributed by atoms with van der Waals surface area (Å²) in [6.45, 7) is 3.42. The predicted molar refractivity (Wildman–Crippen MR) is 59.6 cm³/mol. The monoisotopic (exact) mass is 273 g/mol. The van der Waals surface area contributed by atoms with Crippen molar-refractivity contribution in [3.05, 3.63) is 10.4 Å². The van der Waals surface area contributed by atoms with Crippen LogP contribution >= 0.6 is 0 Å². The maximum atomic E-state index is 11.6. The number of methoxy groups -OCH3 is 1. The third kappa shape index (κ3) is 2.86. The first kappa shape index (κ1) is 14.2. The van der Waals surface area contributed by atoms with Gasteiger partial charge >= 0.3 is 0 Å². The number of ether oxygens (including phenoxy) is 5. The summed E-state index contributed by atoms with van der Waals surface area (Å²) < 4.78 is 26.7. The SMILES string of the molecule is COCO[C@H]1[C@H]2OC(C)(C)O[C@H]2O[C@@H]1C(=O)N=[N+]=[N-]. The summed E-state index contributed by atoms with van der Waals surface area (Å²) in [4.78, 5) is 14.1. The molecule has 0 radical (unpaired) electrons. The molecule has 2 saturated heterocycles. The molecule has 2 aliphatic rings. The molecule has 2 fully saturated rings. The second kappa shape index (κ2) is 5.41. The van der Waals surface area contributed by atoms with Crippen molar-refractivity contribution >= 4 is 5.91 Å². The summed E-state index contributed by atoms with van der Waals surface area (Å²) in [6.07, 6.45) is -3.12. The Balaban J connectivity index is 2.14. The van der Waals surface area contributed by atoms with Gasteiger partial charge in [0, 0.05) is 12.0 Å². The number of nitrogens with zero attached hydrogens (tertiary/aromatic N) is 3. The van der Waals surface area contributed by atoms with E-state index in [1.807, 2.05) is 0 Å². The molecule has 0 spiro atoms. The van der Waals surface area contributed by atoms with E-state index < -0.39 is 36.3 Å². The van der Waals surface area contributed by atoms with Crippen LogP contribution < -0.4 is 0 Å². The normalized spacial score (nSPS) is 35.7. The Bertz CT molecular complexity index is 408. The van der Waals surface area contributed by atoms with Crippen molar-refractivity contribution in [3.8, 4) is 0 Å².